The molecule has 5 nitrogen and oxygen atoms in total. The monoisotopic (exact) mass is 320 g/mol. The third-order valence-corrected chi connectivity index (χ3v) is 4.81. The number of aromatic amines is 1. The van der Waals surface area contributed by atoms with Crippen molar-refractivity contribution in [2.24, 2.45) is 0 Å². The van der Waals surface area contributed by atoms with Gasteiger partial charge in [0.05, 0.1) is 11.9 Å². The molecule has 1 fully saturated rings. The Kier molecular flexibility index (Phi) is 3.69. The number of nitrogens with two attached hydrogens (primary N) is 1. The number of hydrogen-bond donors (Lipinski definition) is 2. The molecule has 0 atom stereocenters. The molecule has 3 aromatic rings. The lowest BCUT2D eigenvalue weighted by atomic mass is 9.89. The zero-order valence-electron chi connectivity index (χ0n) is 13.4. The fourth-order valence-electron chi connectivity index (χ4n) is 3.47. The van der Waals surface area contributed by atoms with Crippen LogP contribution < -0.4 is 16.2 Å². The second kappa shape index (κ2) is 6.00. The van der Waals surface area contributed by atoms with E-state index in [4.69, 9.17) is 5.73 Å². The van der Waals surface area contributed by atoms with Gasteiger partial charge in [0.15, 0.2) is 0 Å². The normalized spacial score (nSPS) is 15.8. The third kappa shape index (κ3) is 2.73. The summed E-state index contributed by atoms with van der Waals surface area (Å²) in [6, 6.07) is 13.8. The van der Waals surface area contributed by atoms with E-state index >= 15 is 0 Å². The number of fused-ring (bicyclic) bond motifs is 1. The Hall–Kier alpha value is -2.82. The first kappa shape index (κ1) is 14.8. The number of nitrogen functional groups attached to an aromatic ring is 1. The molecule has 5 heteroatoms. The van der Waals surface area contributed by atoms with Gasteiger partial charge in [-0.2, -0.15) is 0 Å². The number of para-hydroxylation sites is 1. The maximum absolute atomic E-state index is 12.4. The number of hydrogen-bond acceptors (Lipinski definition) is 4. The van der Waals surface area contributed by atoms with Gasteiger partial charge in [-0.05, 0) is 48.4 Å². The van der Waals surface area contributed by atoms with E-state index in [2.05, 4.69) is 20.9 Å². The zero-order valence-corrected chi connectivity index (χ0v) is 13.4. The van der Waals surface area contributed by atoms with Gasteiger partial charge in [-0.1, -0.05) is 18.2 Å². The molecule has 0 aliphatic carbocycles. The van der Waals surface area contributed by atoms with Crippen molar-refractivity contribution in [2.45, 2.75) is 18.8 Å². The van der Waals surface area contributed by atoms with Crippen LogP contribution in [0, 0.1) is 0 Å². The maximum atomic E-state index is 12.4. The summed E-state index contributed by atoms with van der Waals surface area (Å²) in [7, 11) is 0. The minimum Gasteiger partial charge on any atom is -0.397 e. The second-order valence-corrected chi connectivity index (χ2v) is 6.35. The number of benzene rings is 1. The summed E-state index contributed by atoms with van der Waals surface area (Å²) >= 11 is 0. The molecule has 3 N–H and O–H groups in total. The molecule has 0 spiro atoms. The minimum atomic E-state index is 0.0396. The number of nitrogens with one attached hydrogen (secondary N) is 1. The molecule has 4 rings (SSSR count). The summed E-state index contributed by atoms with van der Waals surface area (Å²) in [5, 5.41) is 1.09. The van der Waals surface area contributed by atoms with Gasteiger partial charge in [-0.25, -0.2) is 4.98 Å². The van der Waals surface area contributed by atoms with Crippen LogP contribution in [0.4, 0.5) is 11.5 Å². The summed E-state index contributed by atoms with van der Waals surface area (Å²) in [5.74, 6) is 1.25. The van der Waals surface area contributed by atoms with Gasteiger partial charge >= 0.3 is 0 Å². The molecule has 24 heavy (non-hydrogen) atoms. The van der Waals surface area contributed by atoms with E-state index < -0.39 is 0 Å². The van der Waals surface area contributed by atoms with Crippen LogP contribution in [0.2, 0.25) is 0 Å². The molecular formula is C19H20N4O. The van der Waals surface area contributed by atoms with Crippen molar-refractivity contribution in [2.75, 3.05) is 23.7 Å². The van der Waals surface area contributed by atoms with E-state index in [-0.39, 0.29) is 5.56 Å². The number of rotatable bonds is 2. The van der Waals surface area contributed by atoms with Crippen molar-refractivity contribution >= 4 is 22.4 Å². The number of pyridine rings is 2. The van der Waals surface area contributed by atoms with Crippen molar-refractivity contribution in [1.29, 1.82) is 0 Å². The van der Waals surface area contributed by atoms with Crippen LogP contribution in [0.1, 0.15) is 24.3 Å². The highest BCUT2D eigenvalue weighted by molar-refractivity contribution is 5.78. The van der Waals surface area contributed by atoms with Gasteiger partial charge in [-0.3, -0.25) is 4.79 Å². The lowest BCUT2D eigenvalue weighted by Crippen LogP contribution is -2.34. The van der Waals surface area contributed by atoms with Crippen molar-refractivity contribution in [3.63, 3.8) is 0 Å². The number of nitrogens with zero attached hydrogens (tertiary/aromatic N) is 2. The Balaban J connectivity index is 1.54. The molecule has 0 bridgehead atoms. The molecule has 2 aromatic heterocycles. The largest absolute Gasteiger partial charge is 0.397 e. The Morgan fingerprint density at radius 3 is 2.67 bits per heavy atom. The SMILES string of the molecule is Nc1ccc(N2CCC(c3cc4ccccc4[nH]c3=O)CC2)nc1. The van der Waals surface area contributed by atoms with Gasteiger partial charge in [0.2, 0.25) is 0 Å². The standard InChI is InChI=1S/C19H20N4O/c20-15-5-6-18(21-12-15)23-9-7-13(8-10-23)16-11-14-3-1-2-4-17(14)22-19(16)24/h1-6,11-13H,7-10,20H2,(H,22,24). The summed E-state index contributed by atoms with van der Waals surface area (Å²) in [5.41, 5.74) is 8.21. The summed E-state index contributed by atoms with van der Waals surface area (Å²) in [6.45, 7) is 1.79. The van der Waals surface area contributed by atoms with Crippen LogP contribution in [0.5, 0.6) is 0 Å². The Morgan fingerprint density at radius 2 is 1.92 bits per heavy atom. The van der Waals surface area contributed by atoms with E-state index in [1.54, 1.807) is 6.20 Å². The molecule has 1 aliphatic rings. The molecule has 0 radical (unpaired) electrons. The van der Waals surface area contributed by atoms with Crippen LogP contribution >= 0.6 is 0 Å². The predicted octanol–water partition coefficient (Wildman–Crippen LogP) is 2.89. The lowest BCUT2D eigenvalue weighted by molar-refractivity contribution is 0.500. The van der Waals surface area contributed by atoms with Crippen LogP contribution in [0.15, 0.2) is 53.5 Å². The van der Waals surface area contributed by atoms with Crippen molar-refractivity contribution in [1.82, 2.24) is 9.97 Å². The van der Waals surface area contributed by atoms with Gasteiger partial charge in [-0.15, -0.1) is 0 Å². The smallest absolute Gasteiger partial charge is 0.251 e. The summed E-state index contributed by atoms with van der Waals surface area (Å²) < 4.78 is 0. The number of aromatic nitrogens is 2. The van der Waals surface area contributed by atoms with Gasteiger partial charge in [0, 0.05) is 24.2 Å². The summed E-state index contributed by atoms with van der Waals surface area (Å²) in [4.78, 5) is 22.1. The van der Waals surface area contributed by atoms with Gasteiger partial charge < -0.3 is 15.6 Å². The molecule has 3 heterocycles. The highest BCUT2D eigenvalue weighted by atomic mass is 16.1. The molecule has 0 saturated carbocycles. The molecular weight excluding hydrogens is 300 g/mol. The first-order valence-electron chi connectivity index (χ1n) is 8.29. The lowest BCUT2D eigenvalue weighted by Gasteiger charge is -2.32. The Bertz CT molecular complexity index is 909. The Labute approximate surface area is 140 Å². The minimum absolute atomic E-state index is 0.0396. The summed E-state index contributed by atoms with van der Waals surface area (Å²) in [6.07, 6.45) is 3.59. The van der Waals surface area contributed by atoms with Crippen LogP contribution in [0.25, 0.3) is 10.9 Å². The van der Waals surface area contributed by atoms with Crippen LogP contribution in [-0.4, -0.2) is 23.1 Å². The average molecular weight is 320 g/mol. The average Bonchev–Trinajstić information content (AvgIpc) is 2.62. The first-order chi connectivity index (χ1) is 11.7. The van der Waals surface area contributed by atoms with E-state index in [1.807, 2.05) is 36.4 Å². The Morgan fingerprint density at radius 1 is 1.12 bits per heavy atom. The fraction of sp³-hybridized carbons (Fsp3) is 0.263. The third-order valence-electron chi connectivity index (χ3n) is 4.81. The quantitative estimate of drug-likeness (QED) is 0.761. The molecule has 1 saturated heterocycles. The van der Waals surface area contributed by atoms with Crippen LogP contribution in [-0.2, 0) is 0 Å². The number of H-pyrrole nitrogens is 1. The highest BCUT2D eigenvalue weighted by Crippen LogP contribution is 2.29. The number of piperidine rings is 1. The topological polar surface area (TPSA) is 75.0 Å². The van der Waals surface area contributed by atoms with Crippen molar-refractivity contribution < 1.29 is 0 Å². The first-order valence-corrected chi connectivity index (χ1v) is 8.29. The van der Waals surface area contributed by atoms with Gasteiger partial charge in [0.25, 0.3) is 5.56 Å². The predicted molar refractivity (Wildman–Crippen MR) is 97.4 cm³/mol. The molecule has 0 amide bonds. The molecule has 1 aliphatic heterocycles. The van der Waals surface area contributed by atoms with Crippen molar-refractivity contribution in [3.8, 4) is 0 Å². The van der Waals surface area contributed by atoms with E-state index in [1.165, 1.54) is 0 Å². The maximum Gasteiger partial charge on any atom is 0.251 e. The second-order valence-electron chi connectivity index (χ2n) is 6.35. The molecule has 0 unspecified atom stereocenters. The molecule has 1 aromatic carbocycles. The van der Waals surface area contributed by atoms with E-state index in [0.29, 0.717) is 11.6 Å². The van der Waals surface area contributed by atoms with Gasteiger partial charge in [0.1, 0.15) is 5.82 Å². The van der Waals surface area contributed by atoms with E-state index in [0.717, 1.165) is 48.2 Å². The van der Waals surface area contributed by atoms with E-state index in [9.17, 15) is 4.79 Å². The van der Waals surface area contributed by atoms with Crippen molar-refractivity contribution in [3.05, 3.63) is 64.6 Å². The fourth-order valence-corrected chi connectivity index (χ4v) is 3.47. The zero-order chi connectivity index (χ0) is 16.5. The molecule has 122 valence electrons. The highest BCUT2D eigenvalue weighted by Gasteiger charge is 2.23. The number of anilines is 2. The van der Waals surface area contributed by atoms with Crippen LogP contribution in [0.3, 0.4) is 0 Å².